The normalized spacial score (nSPS) is 10.0. The molecule has 0 radical (unpaired) electrons. The fraction of sp³-hybridized carbons (Fsp3) is 0.333. The largest absolute Gasteiger partial charge is 1.00 e. The van der Waals surface area contributed by atoms with Crippen molar-refractivity contribution < 1.29 is 26.3 Å². The summed E-state index contributed by atoms with van der Waals surface area (Å²) in [4.78, 5) is 0. The first kappa shape index (κ1) is 19.3. The predicted octanol–water partition coefficient (Wildman–Crippen LogP) is 0.917. The molecular weight excluding hydrogens is 317 g/mol. The number of rotatable bonds is 8. The lowest BCUT2D eigenvalue weighted by molar-refractivity contribution is -0.00000577. The lowest BCUT2D eigenvalue weighted by atomic mass is 10.2. The van der Waals surface area contributed by atoms with Crippen LogP contribution in [0.2, 0.25) is 0 Å². The van der Waals surface area contributed by atoms with E-state index in [2.05, 4.69) is 12.2 Å². The average molecular weight is 339 g/mol. The van der Waals surface area contributed by atoms with Crippen molar-refractivity contribution in [2.45, 2.75) is 26.5 Å². The van der Waals surface area contributed by atoms with E-state index in [0.29, 0.717) is 18.1 Å². The third-order valence-electron chi connectivity index (χ3n) is 3.29. The molecule has 0 atom stereocenters. The molecule has 2 rings (SSSR count). The lowest BCUT2D eigenvalue weighted by Gasteiger charge is -2.12. The zero-order valence-electron chi connectivity index (χ0n) is 13.4. The number of ether oxygens (including phenoxy) is 2. The third kappa shape index (κ3) is 6.08. The Hall–Kier alpha value is -1.78. The van der Waals surface area contributed by atoms with Crippen molar-refractivity contribution >= 4 is 0 Å². The molecule has 0 unspecified atom stereocenters. The SMILES string of the molecule is CCCNCc1ccc(OCc2ccc(F)cc2)c(OC)c1.[Cl-]. The van der Waals surface area contributed by atoms with Gasteiger partial charge in [0.15, 0.2) is 11.5 Å². The van der Waals surface area contributed by atoms with E-state index in [1.807, 2.05) is 18.2 Å². The van der Waals surface area contributed by atoms with Gasteiger partial charge >= 0.3 is 0 Å². The molecular formula is C18H22ClFNO2-. The first-order valence-electron chi connectivity index (χ1n) is 7.47. The van der Waals surface area contributed by atoms with Crippen LogP contribution in [0.15, 0.2) is 42.5 Å². The number of benzene rings is 2. The highest BCUT2D eigenvalue weighted by atomic mass is 35.5. The van der Waals surface area contributed by atoms with Gasteiger partial charge in [0, 0.05) is 6.54 Å². The maximum atomic E-state index is 12.9. The standard InChI is InChI=1S/C18H22FNO2.ClH/c1-3-10-20-12-15-6-9-17(18(11-15)21-2)22-13-14-4-7-16(19)8-5-14;/h4-9,11,20H,3,10,12-13H2,1-2H3;1H/p-1. The van der Waals surface area contributed by atoms with E-state index in [4.69, 9.17) is 9.47 Å². The van der Waals surface area contributed by atoms with Crippen molar-refractivity contribution in [3.05, 3.63) is 59.4 Å². The summed E-state index contributed by atoms with van der Waals surface area (Å²) in [6.07, 6.45) is 1.11. The van der Waals surface area contributed by atoms with Gasteiger partial charge in [-0.1, -0.05) is 25.1 Å². The van der Waals surface area contributed by atoms with Crippen LogP contribution in [0, 0.1) is 5.82 Å². The van der Waals surface area contributed by atoms with Gasteiger partial charge in [0.25, 0.3) is 0 Å². The molecule has 5 heteroatoms. The summed E-state index contributed by atoms with van der Waals surface area (Å²) in [5, 5.41) is 3.35. The Morgan fingerprint density at radius 2 is 1.70 bits per heavy atom. The van der Waals surface area contributed by atoms with Crippen molar-refractivity contribution in [2.75, 3.05) is 13.7 Å². The molecule has 0 saturated heterocycles. The summed E-state index contributed by atoms with van der Waals surface area (Å²) in [5.41, 5.74) is 2.07. The second kappa shape index (κ2) is 10.1. The Balaban J connectivity index is 0.00000264. The molecule has 0 aliphatic carbocycles. The Bertz CT molecular complexity index is 590. The number of halogens is 2. The molecule has 0 amide bonds. The predicted molar refractivity (Wildman–Crippen MR) is 85.7 cm³/mol. The first-order chi connectivity index (χ1) is 10.7. The van der Waals surface area contributed by atoms with E-state index in [0.717, 1.165) is 30.6 Å². The summed E-state index contributed by atoms with van der Waals surface area (Å²) in [7, 11) is 1.63. The van der Waals surface area contributed by atoms with Crippen LogP contribution in [0.1, 0.15) is 24.5 Å². The minimum atomic E-state index is -0.245. The van der Waals surface area contributed by atoms with Gasteiger partial charge in [-0.3, -0.25) is 0 Å². The maximum absolute atomic E-state index is 12.9. The Labute approximate surface area is 143 Å². The Kier molecular flexibility index (Phi) is 8.45. The minimum Gasteiger partial charge on any atom is -1.00 e. The second-order valence-electron chi connectivity index (χ2n) is 5.08. The molecule has 0 aliphatic heterocycles. The molecule has 2 aromatic rings. The van der Waals surface area contributed by atoms with E-state index >= 15 is 0 Å². The van der Waals surface area contributed by atoms with Crippen LogP contribution in [0.5, 0.6) is 11.5 Å². The summed E-state index contributed by atoms with van der Waals surface area (Å²) in [6, 6.07) is 12.2. The summed E-state index contributed by atoms with van der Waals surface area (Å²) in [5.74, 6) is 1.15. The van der Waals surface area contributed by atoms with Crippen LogP contribution < -0.4 is 27.2 Å². The molecule has 0 aliphatic rings. The fourth-order valence-corrected chi connectivity index (χ4v) is 2.09. The number of hydrogen-bond acceptors (Lipinski definition) is 3. The number of hydrogen-bond donors (Lipinski definition) is 1. The van der Waals surface area contributed by atoms with E-state index < -0.39 is 0 Å². The molecule has 0 bridgehead atoms. The second-order valence-corrected chi connectivity index (χ2v) is 5.08. The summed E-state index contributed by atoms with van der Waals surface area (Å²) >= 11 is 0. The van der Waals surface area contributed by atoms with Crippen LogP contribution in [0.4, 0.5) is 4.39 Å². The zero-order chi connectivity index (χ0) is 15.8. The highest BCUT2D eigenvalue weighted by molar-refractivity contribution is 5.43. The van der Waals surface area contributed by atoms with Crippen LogP contribution in [-0.4, -0.2) is 13.7 Å². The molecule has 0 saturated carbocycles. The van der Waals surface area contributed by atoms with E-state index in [-0.39, 0.29) is 18.2 Å². The van der Waals surface area contributed by atoms with Crippen molar-refractivity contribution in [2.24, 2.45) is 0 Å². The monoisotopic (exact) mass is 338 g/mol. The number of nitrogens with one attached hydrogen (secondary N) is 1. The smallest absolute Gasteiger partial charge is 0.161 e. The minimum absolute atomic E-state index is 0. The summed E-state index contributed by atoms with van der Waals surface area (Å²) in [6.45, 7) is 4.32. The van der Waals surface area contributed by atoms with Gasteiger partial charge in [-0.2, -0.15) is 0 Å². The van der Waals surface area contributed by atoms with Gasteiger partial charge < -0.3 is 27.2 Å². The average Bonchev–Trinajstić information content (AvgIpc) is 2.55. The molecule has 0 heterocycles. The van der Waals surface area contributed by atoms with Crippen LogP contribution in [0.3, 0.4) is 0 Å². The van der Waals surface area contributed by atoms with Gasteiger partial charge in [-0.25, -0.2) is 4.39 Å². The quantitative estimate of drug-likeness (QED) is 0.726. The van der Waals surface area contributed by atoms with Crippen LogP contribution >= 0.6 is 0 Å². The van der Waals surface area contributed by atoms with E-state index in [1.165, 1.54) is 12.1 Å². The molecule has 0 aromatic heterocycles. The van der Waals surface area contributed by atoms with Crippen LogP contribution in [0.25, 0.3) is 0 Å². The zero-order valence-corrected chi connectivity index (χ0v) is 14.2. The van der Waals surface area contributed by atoms with Crippen molar-refractivity contribution in [1.29, 1.82) is 0 Å². The lowest BCUT2D eigenvalue weighted by Crippen LogP contribution is -3.00. The third-order valence-corrected chi connectivity index (χ3v) is 3.29. The van der Waals surface area contributed by atoms with Crippen molar-refractivity contribution in [3.8, 4) is 11.5 Å². The molecule has 0 spiro atoms. The maximum Gasteiger partial charge on any atom is 0.161 e. The Morgan fingerprint density at radius 1 is 1.00 bits per heavy atom. The van der Waals surface area contributed by atoms with Gasteiger partial charge in [0.1, 0.15) is 12.4 Å². The Morgan fingerprint density at radius 3 is 2.35 bits per heavy atom. The van der Waals surface area contributed by atoms with E-state index in [1.54, 1.807) is 19.2 Å². The highest BCUT2D eigenvalue weighted by Gasteiger charge is 2.06. The number of methoxy groups -OCH3 is 1. The molecule has 126 valence electrons. The molecule has 2 aromatic carbocycles. The molecule has 3 nitrogen and oxygen atoms in total. The van der Waals surface area contributed by atoms with Crippen molar-refractivity contribution in [3.63, 3.8) is 0 Å². The highest BCUT2D eigenvalue weighted by Crippen LogP contribution is 2.28. The van der Waals surface area contributed by atoms with Gasteiger partial charge in [-0.05, 0) is 48.4 Å². The summed E-state index contributed by atoms with van der Waals surface area (Å²) < 4.78 is 24.0. The fourth-order valence-electron chi connectivity index (χ4n) is 2.09. The molecule has 1 N–H and O–H groups in total. The van der Waals surface area contributed by atoms with E-state index in [9.17, 15) is 4.39 Å². The van der Waals surface area contributed by atoms with Gasteiger partial charge in [0.2, 0.25) is 0 Å². The van der Waals surface area contributed by atoms with Crippen LogP contribution in [-0.2, 0) is 13.2 Å². The van der Waals surface area contributed by atoms with Gasteiger partial charge in [-0.15, -0.1) is 0 Å². The topological polar surface area (TPSA) is 30.5 Å². The van der Waals surface area contributed by atoms with Crippen molar-refractivity contribution in [1.82, 2.24) is 5.32 Å². The first-order valence-corrected chi connectivity index (χ1v) is 7.47. The van der Waals surface area contributed by atoms with Gasteiger partial charge in [0.05, 0.1) is 7.11 Å². The molecule has 23 heavy (non-hydrogen) atoms. The molecule has 0 fully saturated rings.